The van der Waals surface area contributed by atoms with Gasteiger partial charge < -0.3 is 14.6 Å². The molecule has 0 aliphatic rings. The number of carbonyl (C=O) groups excluding carboxylic acids is 1. The number of benzene rings is 1. The molecule has 0 radical (unpaired) electrons. The van der Waals surface area contributed by atoms with Crippen LogP contribution in [0, 0.1) is 0 Å². The van der Waals surface area contributed by atoms with Gasteiger partial charge in [-0.3, -0.25) is 0 Å². The van der Waals surface area contributed by atoms with Crippen LogP contribution >= 0.6 is 0 Å². The van der Waals surface area contributed by atoms with Gasteiger partial charge >= 0.3 is 6.09 Å². The van der Waals surface area contributed by atoms with E-state index < -0.39 is 17.7 Å². The molecule has 0 fully saturated rings. The molecule has 6 heteroatoms. The molecule has 1 heterocycles. The summed E-state index contributed by atoms with van der Waals surface area (Å²) in [5.74, 6) is 0.822. The van der Waals surface area contributed by atoms with Crippen LogP contribution < -0.4 is 5.32 Å². The Hall–Kier alpha value is -2.37. The Balaban J connectivity index is 2.03. The molecule has 0 saturated heterocycles. The molecular formula is C15H19N3O3. The van der Waals surface area contributed by atoms with Crippen LogP contribution in [0.25, 0.3) is 11.4 Å². The van der Waals surface area contributed by atoms with E-state index in [4.69, 9.17) is 9.26 Å². The van der Waals surface area contributed by atoms with Crippen molar-refractivity contribution in [3.05, 3.63) is 36.2 Å². The zero-order valence-corrected chi connectivity index (χ0v) is 12.6. The Morgan fingerprint density at radius 1 is 1.29 bits per heavy atom. The van der Waals surface area contributed by atoms with Crippen molar-refractivity contribution < 1.29 is 14.1 Å². The van der Waals surface area contributed by atoms with E-state index in [0.717, 1.165) is 5.56 Å². The van der Waals surface area contributed by atoms with Crippen molar-refractivity contribution in [1.82, 2.24) is 15.5 Å². The zero-order valence-electron chi connectivity index (χ0n) is 12.6. The number of alkyl carbamates (subject to hydrolysis) is 1. The van der Waals surface area contributed by atoms with Gasteiger partial charge in [-0.25, -0.2) is 4.79 Å². The summed E-state index contributed by atoms with van der Waals surface area (Å²) in [4.78, 5) is 16.0. The van der Waals surface area contributed by atoms with E-state index in [9.17, 15) is 4.79 Å². The molecule has 112 valence electrons. The highest BCUT2D eigenvalue weighted by Gasteiger charge is 2.21. The molecule has 0 aliphatic heterocycles. The maximum Gasteiger partial charge on any atom is 0.408 e. The van der Waals surface area contributed by atoms with Gasteiger partial charge in [-0.15, -0.1) is 0 Å². The third kappa shape index (κ3) is 4.30. The lowest BCUT2D eigenvalue weighted by Crippen LogP contribution is -2.34. The maximum atomic E-state index is 11.7. The van der Waals surface area contributed by atoms with E-state index in [1.54, 1.807) is 27.7 Å². The van der Waals surface area contributed by atoms with Crippen LogP contribution in [0.3, 0.4) is 0 Å². The number of aromatic nitrogens is 2. The summed E-state index contributed by atoms with van der Waals surface area (Å²) in [5.41, 5.74) is 0.311. The lowest BCUT2D eigenvalue weighted by molar-refractivity contribution is 0.0499. The van der Waals surface area contributed by atoms with Crippen LogP contribution in [0.15, 0.2) is 34.9 Å². The number of nitrogens with one attached hydrogen (secondary N) is 1. The van der Waals surface area contributed by atoms with Crippen LogP contribution in [-0.4, -0.2) is 21.8 Å². The highest BCUT2D eigenvalue weighted by Crippen LogP contribution is 2.18. The first kappa shape index (κ1) is 15.0. The van der Waals surface area contributed by atoms with Gasteiger partial charge in [-0.2, -0.15) is 4.98 Å². The van der Waals surface area contributed by atoms with Crippen molar-refractivity contribution in [2.45, 2.75) is 39.3 Å². The number of rotatable bonds is 3. The fraction of sp³-hybridized carbons (Fsp3) is 0.400. The van der Waals surface area contributed by atoms with Gasteiger partial charge in [-0.1, -0.05) is 35.5 Å². The third-order valence-corrected chi connectivity index (χ3v) is 2.58. The van der Waals surface area contributed by atoms with E-state index in [-0.39, 0.29) is 0 Å². The SMILES string of the molecule is C[C@H](NC(=O)OC(C)(C)C)c1nc(-c2ccccc2)no1. The van der Waals surface area contributed by atoms with Crippen molar-refractivity contribution >= 4 is 6.09 Å². The van der Waals surface area contributed by atoms with Crippen molar-refractivity contribution in [2.75, 3.05) is 0 Å². The average Bonchev–Trinajstić information content (AvgIpc) is 2.87. The number of ether oxygens (including phenoxy) is 1. The molecule has 1 aromatic carbocycles. The molecule has 2 rings (SSSR count). The summed E-state index contributed by atoms with van der Waals surface area (Å²) in [6.07, 6.45) is -0.519. The standard InChI is InChI=1S/C15H19N3O3/c1-10(16-14(19)20-15(2,3)4)13-17-12(18-21-13)11-8-6-5-7-9-11/h5-10H,1-4H3,(H,16,19)/t10-/m0/s1. The predicted octanol–water partition coefficient (Wildman–Crippen LogP) is 3.32. The number of carbonyl (C=O) groups is 1. The smallest absolute Gasteiger partial charge is 0.408 e. The van der Waals surface area contributed by atoms with Gasteiger partial charge in [0.2, 0.25) is 11.7 Å². The minimum absolute atomic E-state index is 0.333. The maximum absolute atomic E-state index is 11.7. The van der Waals surface area contributed by atoms with Crippen molar-refractivity contribution in [2.24, 2.45) is 0 Å². The molecule has 1 atom stereocenters. The van der Waals surface area contributed by atoms with Gasteiger partial charge in [0.15, 0.2) is 0 Å². The molecule has 0 saturated carbocycles. The molecule has 1 aromatic heterocycles. The molecule has 0 bridgehead atoms. The zero-order chi connectivity index (χ0) is 15.5. The van der Waals surface area contributed by atoms with Crippen molar-refractivity contribution in [3.63, 3.8) is 0 Å². The lowest BCUT2D eigenvalue weighted by Gasteiger charge is -2.20. The minimum Gasteiger partial charge on any atom is -0.444 e. The monoisotopic (exact) mass is 289 g/mol. The quantitative estimate of drug-likeness (QED) is 0.937. The Bertz CT molecular complexity index is 602. The number of hydrogen-bond donors (Lipinski definition) is 1. The number of amides is 1. The molecule has 21 heavy (non-hydrogen) atoms. The second-order valence-electron chi connectivity index (χ2n) is 5.69. The number of hydrogen-bond acceptors (Lipinski definition) is 5. The Morgan fingerprint density at radius 2 is 1.95 bits per heavy atom. The topological polar surface area (TPSA) is 77.2 Å². The fourth-order valence-electron chi connectivity index (χ4n) is 1.66. The van der Waals surface area contributed by atoms with Crippen LogP contribution in [0.5, 0.6) is 0 Å². The van der Waals surface area contributed by atoms with E-state index >= 15 is 0 Å². The van der Waals surface area contributed by atoms with Gasteiger partial charge in [0.05, 0.1) is 0 Å². The molecule has 1 N–H and O–H groups in total. The second kappa shape index (κ2) is 5.95. The Kier molecular flexibility index (Phi) is 4.26. The summed E-state index contributed by atoms with van der Waals surface area (Å²) >= 11 is 0. The fourth-order valence-corrected chi connectivity index (χ4v) is 1.66. The van der Waals surface area contributed by atoms with E-state index in [1.807, 2.05) is 30.3 Å². The first-order chi connectivity index (χ1) is 9.85. The van der Waals surface area contributed by atoms with E-state index in [0.29, 0.717) is 11.7 Å². The molecule has 0 spiro atoms. The number of nitrogens with zero attached hydrogens (tertiary/aromatic N) is 2. The summed E-state index contributed by atoms with van der Waals surface area (Å²) in [5, 5.41) is 6.57. The van der Waals surface area contributed by atoms with Crippen LogP contribution in [-0.2, 0) is 4.74 Å². The highest BCUT2D eigenvalue weighted by molar-refractivity contribution is 5.68. The highest BCUT2D eigenvalue weighted by atomic mass is 16.6. The molecule has 0 aliphatic carbocycles. The van der Waals surface area contributed by atoms with Crippen molar-refractivity contribution in [1.29, 1.82) is 0 Å². The molecular weight excluding hydrogens is 270 g/mol. The largest absolute Gasteiger partial charge is 0.444 e. The summed E-state index contributed by atoms with van der Waals surface area (Å²) in [6.45, 7) is 7.17. The Labute approximate surface area is 123 Å². The summed E-state index contributed by atoms with van der Waals surface area (Å²) < 4.78 is 10.4. The predicted molar refractivity (Wildman–Crippen MR) is 77.5 cm³/mol. The van der Waals surface area contributed by atoms with Crippen molar-refractivity contribution in [3.8, 4) is 11.4 Å². The first-order valence-corrected chi connectivity index (χ1v) is 6.74. The second-order valence-corrected chi connectivity index (χ2v) is 5.69. The van der Waals surface area contributed by atoms with Gasteiger partial charge in [0.25, 0.3) is 0 Å². The summed E-state index contributed by atoms with van der Waals surface area (Å²) in [6, 6.07) is 9.06. The summed E-state index contributed by atoms with van der Waals surface area (Å²) in [7, 11) is 0. The molecule has 2 aromatic rings. The van der Waals surface area contributed by atoms with E-state index in [1.165, 1.54) is 0 Å². The Morgan fingerprint density at radius 3 is 2.57 bits per heavy atom. The minimum atomic E-state index is -0.548. The van der Waals surface area contributed by atoms with Gasteiger partial charge in [-0.05, 0) is 27.7 Å². The third-order valence-electron chi connectivity index (χ3n) is 2.58. The lowest BCUT2D eigenvalue weighted by atomic mass is 10.2. The molecule has 6 nitrogen and oxygen atoms in total. The average molecular weight is 289 g/mol. The van der Waals surface area contributed by atoms with Crippen LogP contribution in [0.1, 0.15) is 39.6 Å². The first-order valence-electron chi connectivity index (χ1n) is 6.74. The normalized spacial score (nSPS) is 12.8. The van der Waals surface area contributed by atoms with Gasteiger partial charge in [0, 0.05) is 5.56 Å². The van der Waals surface area contributed by atoms with Crippen LogP contribution in [0.2, 0.25) is 0 Å². The van der Waals surface area contributed by atoms with Crippen LogP contribution in [0.4, 0.5) is 4.79 Å². The van der Waals surface area contributed by atoms with Gasteiger partial charge in [0.1, 0.15) is 11.6 Å². The molecule has 1 amide bonds. The van der Waals surface area contributed by atoms with E-state index in [2.05, 4.69) is 15.5 Å². The molecule has 0 unspecified atom stereocenters.